The number of ether oxygens (including phenoxy) is 2. The lowest BCUT2D eigenvalue weighted by atomic mass is 10.0. The van der Waals surface area contributed by atoms with Gasteiger partial charge in [0.2, 0.25) is 0 Å². The summed E-state index contributed by atoms with van der Waals surface area (Å²) in [4.78, 5) is 11.9. The predicted molar refractivity (Wildman–Crippen MR) is 108 cm³/mol. The lowest BCUT2D eigenvalue weighted by molar-refractivity contribution is -0.00684. The molecule has 1 atom stereocenters. The molecule has 1 fully saturated rings. The van der Waals surface area contributed by atoms with E-state index in [-0.39, 0.29) is 11.6 Å². The number of nitrogens with zero attached hydrogens (tertiary/aromatic N) is 5. The lowest BCUT2D eigenvalue weighted by Gasteiger charge is -2.40. The summed E-state index contributed by atoms with van der Waals surface area (Å²) in [5.41, 5.74) is 0.00677. The van der Waals surface area contributed by atoms with E-state index in [1.165, 1.54) is 0 Å². The van der Waals surface area contributed by atoms with E-state index in [1.807, 2.05) is 4.68 Å². The fourth-order valence-electron chi connectivity index (χ4n) is 3.72. The molecule has 1 aromatic rings. The molecule has 0 spiro atoms. The van der Waals surface area contributed by atoms with Crippen LogP contribution in [0.1, 0.15) is 38.8 Å². The van der Waals surface area contributed by atoms with Crippen LogP contribution >= 0.6 is 0 Å². The Hall–Kier alpha value is -1.71. The van der Waals surface area contributed by atoms with Crippen molar-refractivity contribution < 1.29 is 9.47 Å². The molecule has 0 amide bonds. The molecule has 9 nitrogen and oxygen atoms in total. The molecule has 3 heterocycles. The maximum Gasteiger partial charge on any atom is 0.191 e. The van der Waals surface area contributed by atoms with Crippen LogP contribution in [0.5, 0.6) is 0 Å². The highest BCUT2D eigenvalue weighted by Gasteiger charge is 2.28. The topological polar surface area (TPSA) is 88.8 Å². The normalized spacial score (nSPS) is 21.4. The molecule has 0 radical (unpaired) electrons. The molecule has 158 valence electrons. The van der Waals surface area contributed by atoms with E-state index in [2.05, 4.69) is 46.4 Å². The molecule has 2 N–H and O–H groups in total. The highest BCUT2D eigenvalue weighted by Crippen LogP contribution is 2.17. The number of aromatic nitrogens is 3. The molecule has 0 aliphatic carbocycles. The SMILES string of the molecule is CCNC(=NCC(C)(C)N1CCOCC1)NC1CCc2nc(COC)nn2C1. The van der Waals surface area contributed by atoms with Crippen LogP contribution in [0.15, 0.2) is 4.99 Å². The third-order valence-corrected chi connectivity index (χ3v) is 5.35. The van der Waals surface area contributed by atoms with Gasteiger partial charge in [0.25, 0.3) is 0 Å². The summed E-state index contributed by atoms with van der Waals surface area (Å²) < 4.78 is 12.6. The van der Waals surface area contributed by atoms with Crippen LogP contribution in [0.2, 0.25) is 0 Å². The Labute approximate surface area is 167 Å². The monoisotopic (exact) mass is 393 g/mol. The Bertz CT molecular complexity index is 653. The van der Waals surface area contributed by atoms with Crippen LogP contribution in [-0.4, -0.2) is 83.7 Å². The summed E-state index contributed by atoms with van der Waals surface area (Å²) in [5, 5.41) is 11.5. The summed E-state index contributed by atoms with van der Waals surface area (Å²) in [7, 11) is 1.67. The van der Waals surface area contributed by atoms with Crippen LogP contribution < -0.4 is 10.6 Å². The number of morpholine rings is 1. The van der Waals surface area contributed by atoms with Gasteiger partial charge in [-0.15, -0.1) is 0 Å². The zero-order valence-electron chi connectivity index (χ0n) is 17.7. The molecule has 2 aliphatic rings. The van der Waals surface area contributed by atoms with Crippen LogP contribution in [0.4, 0.5) is 0 Å². The van der Waals surface area contributed by atoms with Gasteiger partial charge in [-0.05, 0) is 27.2 Å². The molecule has 1 aromatic heterocycles. The van der Waals surface area contributed by atoms with Crippen LogP contribution in [0.3, 0.4) is 0 Å². The van der Waals surface area contributed by atoms with Crippen molar-refractivity contribution in [2.24, 2.45) is 4.99 Å². The van der Waals surface area contributed by atoms with Crippen molar-refractivity contribution >= 4 is 5.96 Å². The summed E-state index contributed by atoms with van der Waals surface area (Å²) in [5.74, 6) is 2.67. The maximum atomic E-state index is 5.48. The van der Waals surface area contributed by atoms with E-state index in [0.717, 1.165) is 76.4 Å². The minimum absolute atomic E-state index is 0.00677. The molecule has 28 heavy (non-hydrogen) atoms. The van der Waals surface area contributed by atoms with Gasteiger partial charge in [-0.2, -0.15) is 5.10 Å². The number of rotatable bonds is 7. The highest BCUT2D eigenvalue weighted by molar-refractivity contribution is 5.80. The Morgan fingerprint density at radius 2 is 2.14 bits per heavy atom. The fourth-order valence-corrected chi connectivity index (χ4v) is 3.72. The minimum atomic E-state index is 0.00677. The second kappa shape index (κ2) is 9.67. The molecule has 2 aliphatic heterocycles. The van der Waals surface area contributed by atoms with Gasteiger partial charge in [-0.25, -0.2) is 9.67 Å². The molecule has 0 bridgehead atoms. The molecular formula is C19H35N7O2. The van der Waals surface area contributed by atoms with Gasteiger partial charge in [-0.3, -0.25) is 9.89 Å². The molecule has 3 rings (SSSR count). The number of guanidine groups is 1. The van der Waals surface area contributed by atoms with Gasteiger partial charge in [0.1, 0.15) is 12.4 Å². The van der Waals surface area contributed by atoms with Gasteiger partial charge in [-0.1, -0.05) is 0 Å². The van der Waals surface area contributed by atoms with Crippen molar-refractivity contribution in [1.82, 2.24) is 30.3 Å². The third-order valence-electron chi connectivity index (χ3n) is 5.35. The predicted octanol–water partition coefficient (Wildman–Crippen LogP) is 0.405. The van der Waals surface area contributed by atoms with Crippen LogP contribution in [0.25, 0.3) is 0 Å². The molecule has 0 aromatic carbocycles. The van der Waals surface area contributed by atoms with Crippen molar-refractivity contribution in [2.75, 3.05) is 46.5 Å². The second-order valence-corrected chi connectivity index (χ2v) is 8.05. The average Bonchev–Trinajstić information content (AvgIpc) is 3.09. The Kier molecular flexibility index (Phi) is 7.25. The number of hydrogen-bond donors (Lipinski definition) is 2. The van der Waals surface area contributed by atoms with Crippen molar-refractivity contribution in [2.45, 2.75) is 58.3 Å². The van der Waals surface area contributed by atoms with Gasteiger partial charge in [0, 0.05) is 44.7 Å². The summed E-state index contributed by atoms with van der Waals surface area (Å²) in [6, 6.07) is 0.286. The lowest BCUT2D eigenvalue weighted by Crippen LogP contribution is -2.53. The zero-order valence-corrected chi connectivity index (χ0v) is 17.7. The zero-order chi connectivity index (χ0) is 20.0. The average molecular weight is 394 g/mol. The first-order chi connectivity index (χ1) is 13.5. The third kappa shape index (κ3) is 5.42. The Morgan fingerprint density at radius 1 is 1.36 bits per heavy atom. The molecule has 9 heteroatoms. The van der Waals surface area contributed by atoms with E-state index in [9.17, 15) is 0 Å². The first-order valence-electron chi connectivity index (χ1n) is 10.3. The quantitative estimate of drug-likeness (QED) is 0.512. The standard InChI is InChI=1S/C19H35N7O2/c1-5-20-18(21-14-19(2,3)25-8-10-28-11-9-25)22-15-6-7-17-23-16(13-27-4)24-26(17)12-15/h15H,5-14H2,1-4H3,(H2,20,21,22). The van der Waals surface area contributed by atoms with Crippen LogP contribution in [0, 0.1) is 0 Å². The van der Waals surface area contributed by atoms with Crippen molar-refractivity contribution in [3.8, 4) is 0 Å². The van der Waals surface area contributed by atoms with Gasteiger partial charge in [0.15, 0.2) is 11.8 Å². The van der Waals surface area contributed by atoms with Gasteiger partial charge >= 0.3 is 0 Å². The Morgan fingerprint density at radius 3 is 2.86 bits per heavy atom. The summed E-state index contributed by atoms with van der Waals surface area (Å²) >= 11 is 0. The molecule has 1 saturated heterocycles. The van der Waals surface area contributed by atoms with E-state index in [1.54, 1.807) is 7.11 Å². The van der Waals surface area contributed by atoms with E-state index in [4.69, 9.17) is 14.5 Å². The number of aryl methyl sites for hydroxylation is 1. The van der Waals surface area contributed by atoms with Crippen molar-refractivity contribution in [3.63, 3.8) is 0 Å². The molecule has 0 saturated carbocycles. The van der Waals surface area contributed by atoms with Crippen molar-refractivity contribution in [1.29, 1.82) is 0 Å². The van der Waals surface area contributed by atoms with Gasteiger partial charge in [0.05, 0.1) is 26.3 Å². The van der Waals surface area contributed by atoms with Crippen molar-refractivity contribution in [3.05, 3.63) is 11.6 Å². The first-order valence-corrected chi connectivity index (χ1v) is 10.3. The number of methoxy groups -OCH3 is 1. The summed E-state index contributed by atoms with van der Waals surface area (Å²) in [6.45, 7) is 13.0. The smallest absolute Gasteiger partial charge is 0.191 e. The Balaban J connectivity index is 1.59. The number of fused-ring (bicyclic) bond motifs is 1. The number of hydrogen-bond acceptors (Lipinski definition) is 6. The van der Waals surface area contributed by atoms with E-state index in [0.29, 0.717) is 6.61 Å². The largest absolute Gasteiger partial charge is 0.379 e. The maximum absolute atomic E-state index is 5.48. The minimum Gasteiger partial charge on any atom is -0.379 e. The molecule has 1 unspecified atom stereocenters. The first kappa shape index (κ1) is 21.0. The molecular weight excluding hydrogens is 358 g/mol. The highest BCUT2D eigenvalue weighted by atomic mass is 16.5. The van der Waals surface area contributed by atoms with E-state index < -0.39 is 0 Å². The summed E-state index contributed by atoms with van der Waals surface area (Å²) in [6.07, 6.45) is 1.93. The number of nitrogens with one attached hydrogen (secondary N) is 2. The van der Waals surface area contributed by atoms with Gasteiger partial charge < -0.3 is 20.1 Å². The van der Waals surface area contributed by atoms with Crippen LogP contribution in [-0.2, 0) is 29.0 Å². The number of aliphatic imine (C=N–C) groups is 1. The second-order valence-electron chi connectivity index (χ2n) is 8.05. The fraction of sp³-hybridized carbons (Fsp3) is 0.842. The van der Waals surface area contributed by atoms with E-state index >= 15 is 0 Å².